The predicted octanol–water partition coefficient (Wildman–Crippen LogP) is 6.91. The number of hydrogen-bond acceptors (Lipinski definition) is 4. The maximum absolute atomic E-state index is 14.5. The van der Waals surface area contributed by atoms with Crippen LogP contribution < -0.4 is 9.62 Å². The molecule has 4 aromatic carbocycles. The number of halogens is 2. The first-order chi connectivity index (χ1) is 21.4. The maximum Gasteiger partial charge on any atom is 0.264 e. The normalized spacial score (nSPS) is 12.0. The van der Waals surface area contributed by atoms with Crippen LogP contribution in [0, 0.1) is 12.8 Å². The fraction of sp³-hybridized carbons (Fsp3) is 0.257. The molecule has 0 saturated heterocycles. The fourth-order valence-electron chi connectivity index (χ4n) is 4.74. The molecule has 236 valence electrons. The Hall–Kier alpha value is -3.85. The lowest BCUT2D eigenvalue weighted by atomic mass is 10.0. The highest BCUT2D eigenvalue weighted by Crippen LogP contribution is 2.27. The first-order valence-corrected chi connectivity index (χ1v) is 16.8. The minimum Gasteiger partial charge on any atom is -0.354 e. The molecule has 0 bridgehead atoms. The average molecular weight is 667 g/mol. The van der Waals surface area contributed by atoms with Crippen molar-refractivity contribution in [2.45, 2.75) is 44.7 Å². The van der Waals surface area contributed by atoms with Crippen molar-refractivity contribution < 1.29 is 18.0 Å². The lowest BCUT2D eigenvalue weighted by Crippen LogP contribution is -2.53. The van der Waals surface area contributed by atoms with Gasteiger partial charge in [0.1, 0.15) is 12.6 Å². The summed E-state index contributed by atoms with van der Waals surface area (Å²) in [5, 5.41) is 3.94. The van der Waals surface area contributed by atoms with E-state index in [9.17, 15) is 18.0 Å². The average Bonchev–Trinajstić information content (AvgIpc) is 3.02. The third-order valence-corrected chi connectivity index (χ3v) is 9.52. The van der Waals surface area contributed by atoms with E-state index in [0.717, 1.165) is 21.0 Å². The topological polar surface area (TPSA) is 86.8 Å². The first kappa shape index (κ1) is 34.0. The van der Waals surface area contributed by atoms with E-state index in [1.165, 1.54) is 17.0 Å². The molecule has 0 unspecified atom stereocenters. The van der Waals surface area contributed by atoms with Crippen molar-refractivity contribution in [1.29, 1.82) is 0 Å². The number of aryl methyl sites for hydroxylation is 1. The monoisotopic (exact) mass is 665 g/mol. The molecule has 0 heterocycles. The van der Waals surface area contributed by atoms with Gasteiger partial charge in [-0.15, -0.1) is 0 Å². The number of rotatable bonds is 13. The molecular formula is C35H37Cl2N3O4S. The molecule has 0 radical (unpaired) electrons. The summed E-state index contributed by atoms with van der Waals surface area (Å²) >= 11 is 12.3. The summed E-state index contributed by atoms with van der Waals surface area (Å²) in [5.41, 5.74) is 2.76. The summed E-state index contributed by atoms with van der Waals surface area (Å²) < 4.78 is 29.2. The quantitative estimate of drug-likeness (QED) is 0.168. The predicted molar refractivity (Wildman–Crippen MR) is 181 cm³/mol. The summed E-state index contributed by atoms with van der Waals surface area (Å²) in [6.07, 6.45) is 0.232. The van der Waals surface area contributed by atoms with E-state index in [2.05, 4.69) is 5.32 Å². The second-order valence-electron chi connectivity index (χ2n) is 11.3. The van der Waals surface area contributed by atoms with Crippen LogP contribution in [-0.2, 0) is 32.6 Å². The largest absolute Gasteiger partial charge is 0.354 e. The van der Waals surface area contributed by atoms with Crippen LogP contribution in [0.3, 0.4) is 0 Å². The third kappa shape index (κ3) is 9.33. The van der Waals surface area contributed by atoms with Crippen LogP contribution in [0.4, 0.5) is 5.69 Å². The van der Waals surface area contributed by atoms with E-state index in [1.54, 1.807) is 60.7 Å². The van der Waals surface area contributed by atoms with Crippen molar-refractivity contribution in [3.8, 4) is 0 Å². The number of amides is 2. The van der Waals surface area contributed by atoms with Gasteiger partial charge in [-0.1, -0.05) is 97.2 Å². The van der Waals surface area contributed by atoms with Crippen molar-refractivity contribution >= 4 is 50.7 Å². The van der Waals surface area contributed by atoms with Crippen LogP contribution >= 0.6 is 23.2 Å². The minimum absolute atomic E-state index is 0.0376. The summed E-state index contributed by atoms with van der Waals surface area (Å²) in [7, 11) is -4.19. The number of nitrogens with zero attached hydrogens (tertiary/aromatic N) is 2. The molecule has 45 heavy (non-hydrogen) atoms. The number of carbonyl (C=O) groups is 2. The number of carbonyl (C=O) groups excluding carboxylic acids is 2. The molecule has 0 aromatic heterocycles. The second-order valence-corrected chi connectivity index (χ2v) is 14.0. The zero-order valence-corrected chi connectivity index (χ0v) is 27.8. The van der Waals surface area contributed by atoms with Gasteiger partial charge in [0.2, 0.25) is 11.8 Å². The first-order valence-electron chi connectivity index (χ1n) is 14.6. The zero-order chi connectivity index (χ0) is 32.6. The van der Waals surface area contributed by atoms with Crippen molar-refractivity contribution in [3.05, 3.63) is 130 Å². The van der Waals surface area contributed by atoms with Gasteiger partial charge in [-0.3, -0.25) is 13.9 Å². The summed E-state index contributed by atoms with van der Waals surface area (Å²) in [4.78, 5) is 29.8. The molecule has 2 amide bonds. The number of sulfonamides is 1. The Labute approximate surface area is 275 Å². The Kier molecular flexibility index (Phi) is 11.7. The Morgan fingerprint density at radius 3 is 1.93 bits per heavy atom. The maximum atomic E-state index is 14.5. The molecule has 0 spiro atoms. The minimum atomic E-state index is -4.19. The van der Waals surface area contributed by atoms with Crippen LogP contribution in [0.2, 0.25) is 10.0 Å². The SMILES string of the molecule is Cc1ccc(S(=O)(=O)N(CC(=O)N(Cc2ccc(Cl)cc2)[C@H](Cc2ccccc2)C(=O)NCC(C)C)c2ccc(Cl)cc2)cc1. The molecule has 1 N–H and O–H groups in total. The fourth-order valence-corrected chi connectivity index (χ4v) is 6.40. The summed E-state index contributed by atoms with van der Waals surface area (Å²) in [5.74, 6) is -0.683. The second kappa shape index (κ2) is 15.4. The van der Waals surface area contributed by atoms with Gasteiger partial charge in [-0.05, 0) is 72.5 Å². The van der Waals surface area contributed by atoms with E-state index in [4.69, 9.17) is 23.2 Å². The van der Waals surface area contributed by atoms with E-state index in [0.29, 0.717) is 16.6 Å². The van der Waals surface area contributed by atoms with Crippen molar-refractivity contribution in [1.82, 2.24) is 10.2 Å². The van der Waals surface area contributed by atoms with Crippen molar-refractivity contribution in [2.75, 3.05) is 17.4 Å². The van der Waals surface area contributed by atoms with Gasteiger partial charge in [0.15, 0.2) is 0 Å². The van der Waals surface area contributed by atoms with Crippen LogP contribution in [0.25, 0.3) is 0 Å². The van der Waals surface area contributed by atoms with Crippen molar-refractivity contribution in [2.24, 2.45) is 5.92 Å². The lowest BCUT2D eigenvalue weighted by Gasteiger charge is -2.34. The smallest absolute Gasteiger partial charge is 0.264 e. The van der Waals surface area contributed by atoms with Gasteiger partial charge >= 0.3 is 0 Å². The summed E-state index contributed by atoms with van der Waals surface area (Å²) in [6.45, 7) is 5.77. The van der Waals surface area contributed by atoms with Crippen LogP contribution in [0.15, 0.2) is 108 Å². The van der Waals surface area contributed by atoms with E-state index >= 15 is 0 Å². The molecule has 0 fully saturated rings. The van der Waals surface area contributed by atoms with Gasteiger partial charge in [0.25, 0.3) is 10.0 Å². The molecule has 0 aliphatic carbocycles. The van der Waals surface area contributed by atoms with Gasteiger partial charge in [-0.25, -0.2) is 8.42 Å². The van der Waals surface area contributed by atoms with Gasteiger partial charge in [-0.2, -0.15) is 0 Å². The van der Waals surface area contributed by atoms with Crippen LogP contribution in [0.5, 0.6) is 0 Å². The zero-order valence-electron chi connectivity index (χ0n) is 25.5. The van der Waals surface area contributed by atoms with Crippen LogP contribution in [0.1, 0.15) is 30.5 Å². The molecule has 0 saturated carbocycles. The van der Waals surface area contributed by atoms with Crippen LogP contribution in [-0.4, -0.2) is 44.3 Å². The van der Waals surface area contributed by atoms with E-state index in [1.807, 2.05) is 51.1 Å². The van der Waals surface area contributed by atoms with E-state index < -0.39 is 28.5 Å². The highest BCUT2D eigenvalue weighted by molar-refractivity contribution is 7.92. The Balaban J connectivity index is 1.79. The number of hydrogen-bond donors (Lipinski definition) is 1. The molecule has 4 aromatic rings. The third-order valence-electron chi connectivity index (χ3n) is 7.22. The molecule has 10 heteroatoms. The van der Waals surface area contributed by atoms with Gasteiger partial charge in [0.05, 0.1) is 10.6 Å². The highest BCUT2D eigenvalue weighted by Gasteiger charge is 2.34. The Morgan fingerprint density at radius 2 is 1.36 bits per heavy atom. The van der Waals surface area contributed by atoms with E-state index in [-0.39, 0.29) is 35.4 Å². The molecule has 4 rings (SSSR count). The Bertz CT molecular complexity index is 1680. The standard InChI is InChI=1S/C35H37Cl2N3O4S/c1-25(2)22-38-35(42)33(21-27-7-5-4-6-8-27)39(23-28-11-13-29(36)14-12-28)34(41)24-40(31-17-15-30(37)16-18-31)45(43,44)32-19-9-26(3)10-20-32/h4-20,25,33H,21-24H2,1-3H3,(H,38,42)/t33-/m1/s1. The molecule has 0 aliphatic rings. The molecular weight excluding hydrogens is 629 g/mol. The molecule has 1 atom stereocenters. The van der Waals surface area contributed by atoms with Gasteiger partial charge in [0, 0.05) is 29.6 Å². The molecule has 0 aliphatic heterocycles. The summed E-state index contributed by atoms with van der Waals surface area (Å²) in [6, 6.07) is 28.2. The highest BCUT2D eigenvalue weighted by atomic mass is 35.5. The number of anilines is 1. The lowest BCUT2D eigenvalue weighted by molar-refractivity contribution is -0.140. The number of benzene rings is 4. The van der Waals surface area contributed by atoms with Crippen molar-refractivity contribution in [3.63, 3.8) is 0 Å². The Morgan fingerprint density at radius 1 is 0.778 bits per heavy atom. The number of nitrogens with one attached hydrogen (secondary N) is 1. The van der Waals surface area contributed by atoms with Gasteiger partial charge < -0.3 is 10.2 Å². The molecule has 7 nitrogen and oxygen atoms in total.